The molecule has 0 aliphatic heterocycles. The van der Waals surface area contributed by atoms with Crippen molar-refractivity contribution >= 4 is 17.5 Å². The zero-order valence-electron chi connectivity index (χ0n) is 9.32. The van der Waals surface area contributed by atoms with E-state index in [1.54, 1.807) is 12.1 Å². The fraction of sp³-hybridized carbons (Fsp3) is 0.364. The number of pyridine rings is 1. The van der Waals surface area contributed by atoms with Crippen LogP contribution >= 0.6 is 0 Å². The molecular weight excluding hydrogens is 208 g/mol. The van der Waals surface area contributed by atoms with Gasteiger partial charge >= 0.3 is 0 Å². The SMILES string of the molecule is COCCC(=O)Nc1ccc(C(C)=O)cn1. The molecule has 1 heterocycles. The Hall–Kier alpha value is -1.75. The van der Waals surface area contributed by atoms with Gasteiger partial charge in [-0.25, -0.2) is 4.98 Å². The van der Waals surface area contributed by atoms with Gasteiger partial charge in [0.05, 0.1) is 13.0 Å². The van der Waals surface area contributed by atoms with Gasteiger partial charge in [-0.3, -0.25) is 9.59 Å². The number of hydrogen-bond donors (Lipinski definition) is 1. The highest BCUT2D eigenvalue weighted by molar-refractivity contribution is 5.94. The molecule has 0 spiro atoms. The van der Waals surface area contributed by atoms with Gasteiger partial charge in [-0.05, 0) is 19.1 Å². The van der Waals surface area contributed by atoms with Crippen molar-refractivity contribution < 1.29 is 14.3 Å². The van der Waals surface area contributed by atoms with E-state index in [-0.39, 0.29) is 18.1 Å². The van der Waals surface area contributed by atoms with E-state index in [2.05, 4.69) is 10.3 Å². The Labute approximate surface area is 93.8 Å². The van der Waals surface area contributed by atoms with Crippen molar-refractivity contribution in [2.45, 2.75) is 13.3 Å². The third kappa shape index (κ3) is 3.78. The third-order valence-corrected chi connectivity index (χ3v) is 1.97. The molecule has 5 heteroatoms. The van der Waals surface area contributed by atoms with Gasteiger partial charge in [-0.15, -0.1) is 0 Å². The lowest BCUT2D eigenvalue weighted by Gasteiger charge is -2.04. The van der Waals surface area contributed by atoms with Crippen molar-refractivity contribution in [2.75, 3.05) is 19.0 Å². The van der Waals surface area contributed by atoms with E-state index >= 15 is 0 Å². The highest BCUT2D eigenvalue weighted by Gasteiger charge is 2.04. The van der Waals surface area contributed by atoms with Crippen LogP contribution in [0.15, 0.2) is 18.3 Å². The van der Waals surface area contributed by atoms with Crippen LogP contribution in [0.1, 0.15) is 23.7 Å². The van der Waals surface area contributed by atoms with Gasteiger partial charge in [0.25, 0.3) is 0 Å². The summed E-state index contributed by atoms with van der Waals surface area (Å²) in [6.07, 6.45) is 1.72. The molecule has 16 heavy (non-hydrogen) atoms. The number of nitrogens with one attached hydrogen (secondary N) is 1. The molecule has 1 aromatic heterocycles. The topological polar surface area (TPSA) is 68.3 Å². The number of hydrogen-bond acceptors (Lipinski definition) is 4. The second-order valence-electron chi connectivity index (χ2n) is 3.28. The number of methoxy groups -OCH3 is 1. The summed E-state index contributed by atoms with van der Waals surface area (Å²) in [5.74, 6) is 0.223. The van der Waals surface area contributed by atoms with E-state index in [1.165, 1.54) is 20.2 Å². The van der Waals surface area contributed by atoms with E-state index in [0.29, 0.717) is 18.0 Å². The number of carbonyl (C=O) groups excluding carboxylic acids is 2. The van der Waals surface area contributed by atoms with Gasteiger partial charge < -0.3 is 10.1 Å². The van der Waals surface area contributed by atoms with Gasteiger partial charge in [0.2, 0.25) is 5.91 Å². The molecule has 0 saturated heterocycles. The van der Waals surface area contributed by atoms with Crippen LogP contribution in [0.5, 0.6) is 0 Å². The largest absolute Gasteiger partial charge is 0.384 e. The van der Waals surface area contributed by atoms with Crippen molar-refractivity contribution in [1.29, 1.82) is 0 Å². The number of carbonyl (C=O) groups is 2. The van der Waals surface area contributed by atoms with E-state index in [1.807, 2.05) is 0 Å². The van der Waals surface area contributed by atoms with Gasteiger partial charge in [0.15, 0.2) is 5.78 Å². The molecule has 1 N–H and O–H groups in total. The van der Waals surface area contributed by atoms with Crippen molar-refractivity contribution in [3.63, 3.8) is 0 Å². The Morgan fingerprint density at radius 3 is 2.69 bits per heavy atom. The first-order valence-electron chi connectivity index (χ1n) is 4.89. The molecule has 0 bridgehead atoms. The molecule has 0 unspecified atom stereocenters. The summed E-state index contributed by atoms with van der Waals surface area (Å²) < 4.78 is 4.77. The van der Waals surface area contributed by atoms with E-state index in [9.17, 15) is 9.59 Å². The Bertz CT molecular complexity index is 373. The molecule has 5 nitrogen and oxygen atoms in total. The molecule has 86 valence electrons. The fourth-order valence-electron chi connectivity index (χ4n) is 1.08. The van der Waals surface area contributed by atoms with Crippen LogP contribution in [-0.4, -0.2) is 30.4 Å². The maximum atomic E-state index is 11.3. The first-order valence-corrected chi connectivity index (χ1v) is 4.89. The fourth-order valence-corrected chi connectivity index (χ4v) is 1.08. The Kier molecular flexibility index (Phi) is 4.60. The molecule has 0 aliphatic carbocycles. The second kappa shape index (κ2) is 5.97. The van der Waals surface area contributed by atoms with Crippen molar-refractivity contribution in [3.8, 4) is 0 Å². The number of Topliss-reactive ketones (excluding diaryl/α,β-unsaturated/α-hetero) is 1. The van der Waals surface area contributed by atoms with Crippen LogP contribution in [-0.2, 0) is 9.53 Å². The molecule has 1 amide bonds. The zero-order valence-corrected chi connectivity index (χ0v) is 9.32. The number of nitrogens with zero attached hydrogens (tertiary/aromatic N) is 1. The Morgan fingerprint density at radius 1 is 1.44 bits per heavy atom. The molecule has 0 atom stereocenters. The predicted molar refractivity (Wildman–Crippen MR) is 59.4 cm³/mol. The summed E-state index contributed by atoms with van der Waals surface area (Å²) in [6, 6.07) is 3.22. The minimum Gasteiger partial charge on any atom is -0.384 e. The first-order chi connectivity index (χ1) is 7.63. The first kappa shape index (κ1) is 12.3. The van der Waals surface area contributed by atoms with Crippen molar-refractivity contribution in [3.05, 3.63) is 23.9 Å². The minimum atomic E-state index is -0.162. The van der Waals surface area contributed by atoms with Crippen LogP contribution in [0.2, 0.25) is 0 Å². The van der Waals surface area contributed by atoms with Gasteiger partial charge in [0.1, 0.15) is 5.82 Å². The van der Waals surface area contributed by atoms with E-state index in [0.717, 1.165) is 0 Å². The van der Waals surface area contributed by atoms with E-state index < -0.39 is 0 Å². The summed E-state index contributed by atoms with van der Waals surface area (Å²) in [7, 11) is 1.53. The lowest BCUT2D eigenvalue weighted by Crippen LogP contribution is -2.14. The number of ketones is 1. The maximum absolute atomic E-state index is 11.3. The van der Waals surface area contributed by atoms with Crippen LogP contribution in [0, 0.1) is 0 Å². The van der Waals surface area contributed by atoms with E-state index in [4.69, 9.17) is 4.74 Å². The zero-order chi connectivity index (χ0) is 12.0. The lowest BCUT2D eigenvalue weighted by atomic mass is 10.2. The highest BCUT2D eigenvalue weighted by atomic mass is 16.5. The molecule has 0 aromatic carbocycles. The predicted octanol–water partition coefficient (Wildman–Crippen LogP) is 1.26. The summed E-state index contributed by atoms with van der Waals surface area (Å²) >= 11 is 0. The average molecular weight is 222 g/mol. The van der Waals surface area contributed by atoms with Crippen LogP contribution in [0.25, 0.3) is 0 Å². The Morgan fingerprint density at radius 2 is 2.19 bits per heavy atom. The number of ether oxygens (including phenoxy) is 1. The number of amides is 1. The standard InChI is InChI=1S/C11H14N2O3/c1-8(14)9-3-4-10(12-7-9)13-11(15)5-6-16-2/h3-4,7H,5-6H2,1-2H3,(H,12,13,15). The molecular formula is C11H14N2O3. The minimum absolute atomic E-state index is 0.0511. The van der Waals surface area contributed by atoms with Crippen molar-refractivity contribution in [1.82, 2.24) is 4.98 Å². The number of anilines is 1. The maximum Gasteiger partial charge on any atom is 0.227 e. The molecule has 0 fully saturated rings. The van der Waals surface area contributed by atoms with Crippen LogP contribution in [0.4, 0.5) is 5.82 Å². The molecule has 0 saturated carbocycles. The lowest BCUT2D eigenvalue weighted by molar-refractivity contribution is -0.117. The van der Waals surface area contributed by atoms with Gasteiger partial charge in [0, 0.05) is 18.9 Å². The smallest absolute Gasteiger partial charge is 0.227 e. The second-order valence-corrected chi connectivity index (χ2v) is 3.28. The van der Waals surface area contributed by atoms with Crippen molar-refractivity contribution in [2.24, 2.45) is 0 Å². The van der Waals surface area contributed by atoms with Crippen LogP contribution in [0.3, 0.4) is 0 Å². The summed E-state index contributed by atoms with van der Waals surface area (Å²) in [4.78, 5) is 26.2. The molecule has 0 radical (unpaired) electrons. The average Bonchev–Trinajstić information content (AvgIpc) is 2.27. The quantitative estimate of drug-likeness (QED) is 0.761. The summed E-state index contributed by atoms with van der Waals surface area (Å²) in [5, 5.41) is 2.60. The molecule has 1 aromatic rings. The highest BCUT2D eigenvalue weighted by Crippen LogP contribution is 2.05. The van der Waals surface area contributed by atoms with Crippen LogP contribution < -0.4 is 5.32 Å². The monoisotopic (exact) mass is 222 g/mol. The Balaban J connectivity index is 2.55. The summed E-state index contributed by atoms with van der Waals surface area (Å²) in [6.45, 7) is 1.84. The molecule has 0 aliphatic rings. The summed E-state index contributed by atoms with van der Waals surface area (Å²) in [5.41, 5.74) is 0.523. The normalized spacial score (nSPS) is 9.88. The van der Waals surface area contributed by atoms with Gasteiger partial charge in [-0.1, -0.05) is 0 Å². The number of aromatic nitrogens is 1. The van der Waals surface area contributed by atoms with Gasteiger partial charge in [-0.2, -0.15) is 0 Å². The third-order valence-electron chi connectivity index (χ3n) is 1.97. The number of rotatable bonds is 5. The molecule has 1 rings (SSSR count).